The molecule has 3 nitrogen and oxygen atoms in total. The Bertz CT molecular complexity index is 521. The van der Waals surface area contributed by atoms with Crippen molar-refractivity contribution >= 4 is 23.6 Å². The fourth-order valence-corrected chi connectivity index (χ4v) is 2.73. The Morgan fingerprint density at radius 3 is 2.72 bits per heavy atom. The second-order valence-corrected chi connectivity index (χ2v) is 5.97. The maximum atomic E-state index is 11.7. The molecule has 18 heavy (non-hydrogen) atoms. The lowest BCUT2D eigenvalue weighted by atomic mass is 10.1. The molecule has 0 saturated heterocycles. The molecule has 96 valence electrons. The van der Waals surface area contributed by atoms with Crippen molar-refractivity contribution in [3.63, 3.8) is 0 Å². The third kappa shape index (κ3) is 2.58. The largest absolute Gasteiger partial charge is 0.404 e. The summed E-state index contributed by atoms with van der Waals surface area (Å²) in [7, 11) is 0. The molecule has 4 heteroatoms. The van der Waals surface area contributed by atoms with Crippen LogP contribution in [0.3, 0.4) is 0 Å². The van der Waals surface area contributed by atoms with Gasteiger partial charge < -0.3 is 4.74 Å². The van der Waals surface area contributed by atoms with Crippen molar-refractivity contribution in [1.82, 2.24) is 0 Å². The summed E-state index contributed by atoms with van der Waals surface area (Å²) < 4.78 is 5.27. The van der Waals surface area contributed by atoms with E-state index < -0.39 is 0 Å². The summed E-state index contributed by atoms with van der Waals surface area (Å²) >= 11 is 1.73. The molecular formula is C14H17NO2S. The number of hydrogen-bond donors (Lipinski definition) is 0. The van der Waals surface area contributed by atoms with Crippen molar-refractivity contribution in [3.8, 4) is 0 Å². The van der Waals surface area contributed by atoms with Crippen molar-refractivity contribution in [2.75, 3.05) is 12.0 Å². The lowest BCUT2D eigenvalue weighted by Gasteiger charge is -2.18. The van der Waals surface area contributed by atoms with Crippen LogP contribution >= 0.6 is 11.8 Å². The monoisotopic (exact) mass is 263 g/mol. The highest BCUT2D eigenvalue weighted by Crippen LogP contribution is 2.25. The van der Waals surface area contributed by atoms with Crippen LogP contribution in [0.5, 0.6) is 0 Å². The third-order valence-electron chi connectivity index (χ3n) is 2.72. The van der Waals surface area contributed by atoms with Gasteiger partial charge in [-0.05, 0) is 39.2 Å². The zero-order chi connectivity index (χ0) is 13.3. The van der Waals surface area contributed by atoms with E-state index in [4.69, 9.17) is 4.74 Å². The first-order valence-electron chi connectivity index (χ1n) is 5.85. The first kappa shape index (κ1) is 13.1. The van der Waals surface area contributed by atoms with Crippen molar-refractivity contribution in [3.05, 3.63) is 34.9 Å². The van der Waals surface area contributed by atoms with Crippen molar-refractivity contribution < 1.29 is 9.53 Å². The second kappa shape index (κ2) is 4.76. The minimum Gasteiger partial charge on any atom is -0.404 e. The Labute approximate surface area is 112 Å². The molecule has 0 unspecified atom stereocenters. The predicted octanol–water partition coefficient (Wildman–Crippen LogP) is 3.05. The number of benzene rings is 1. The maximum absolute atomic E-state index is 11.7. The molecule has 1 aromatic rings. The van der Waals surface area contributed by atoms with Crippen LogP contribution in [0.2, 0.25) is 0 Å². The van der Waals surface area contributed by atoms with Crippen LogP contribution in [0.1, 0.15) is 35.3 Å². The van der Waals surface area contributed by atoms with Crippen molar-refractivity contribution in [1.29, 1.82) is 0 Å². The molecule has 0 atom stereocenters. The second-order valence-electron chi connectivity index (χ2n) is 5.10. The van der Waals surface area contributed by atoms with Crippen LogP contribution in [0.15, 0.2) is 23.2 Å². The standard InChI is InChI=1S/C14H17NO2S/c1-9-5-6-10-11(7-9)12(17-13(10)16)15-14(2,3)8-18-4/h5-7H,8H2,1-4H3. The van der Waals surface area contributed by atoms with Gasteiger partial charge in [0.1, 0.15) is 0 Å². The average Bonchev–Trinajstić information content (AvgIpc) is 2.54. The molecule has 1 aliphatic rings. The number of ether oxygens (including phenoxy) is 1. The lowest BCUT2D eigenvalue weighted by Crippen LogP contribution is -2.23. The molecule has 0 spiro atoms. The van der Waals surface area contributed by atoms with E-state index in [1.165, 1.54) is 0 Å². The quantitative estimate of drug-likeness (QED) is 0.787. The van der Waals surface area contributed by atoms with Gasteiger partial charge in [0, 0.05) is 5.75 Å². The number of rotatable bonds is 3. The van der Waals surface area contributed by atoms with Crippen LogP contribution in [-0.4, -0.2) is 29.4 Å². The van der Waals surface area contributed by atoms with Crippen LogP contribution < -0.4 is 0 Å². The van der Waals surface area contributed by atoms with Gasteiger partial charge in [0.25, 0.3) is 0 Å². The molecule has 1 heterocycles. The molecule has 0 bridgehead atoms. The number of carbonyl (C=O) groups is 1. The van der Waals surface area contributed by atoms with Gasteiger partial charge in [0.05, 0.1) is 16.7 Å². The summed E-state index contributed by atoms with van der Waals surface area (Å²) in [5.74, 6) is 1.04. The summed E-state index contributed by atoms with van der Waals surface area (Å²) in [5.41, 5.74) is 2.29. The molecular weight excluding hydrogens is 246 g/mol. The Balaban J connectivity index is 2.42. The number of hydrogen-bond acceptors (Lipinski definition) is 4. The predicted molar refractivity (Wildman–Crippen MR) is 75.6 cm³/mol. The van der Waals surface area contributed by atoms with E-state index in [-0.39, 0.29) is 11.5 Å². The average molecular weight is 263 g/mol. The Morgan fingerprint density at radius 2 is 2.06 bits per heavy atom. The summed E-state index contributed by atoms with van der Waals surface area (Å²) in [6, 6.07) is 5.67. The minimum atomic E-state index is -0.302. The fourth-order valence-electron chi connectivity index (χ4n) is 1.95. The van der Waals surface area contributed by atoms with Gasteiger partial charge in [0.2, 0.25) is 5.90 Å². The van der Waals surface area contributed by atoms with Crippen molar-refractivity contribution in [2.24, 2.45) is 4.99 Å². The van der Waals surface area contributed by atoms with Crippen LogP contribution in [-0.2, 0) is 4.74 Å². The first-order valence-corrected chi connectivity index (χ1v) is 7.24. The lowest BCUT2D eigenvalue weighted by molar-refractivity contribution is 0.0736. The Morgan fingerprint density at radius 1 is 1.33 bits per heavy atom. The number of carbonyl (C=O) groups excluding carboxylic acids is 1. The molecule has 0 radical (unpaired) electrons. The molecule has 1 aliphatic heterocycles. The number of thioether (sulfide) groups is 1. The third-order valence-corrected chi connectivity index (χ3v) is 3.71. The molecule has 0 amide bonds. The molecule has 0 aromatic heterocycles. The molecule has 0 N–H and O–H groups in total. The van der Waals surface area contributed by atoms with Gasteiger partial charge in [-0.1, -0.05) is 11.6 Å². The van der Waals surface area contributed by atoms with E-state index >= 15 is 0 Å². The Kier molecular flexibility index (Phi) is 3.48. The highest BCUT2D eigenvalue weighted by Gasteiger charge is 2.30. The summed E-state index contributed by atoms with van der Waals surface area (Å²) in [6.07, 6.45) is 2.04. The normalized spacial score (nSPS) is 16.9. The SMILES string of the molecule is CSCC(C)(C)N=C1OC(=O)c2ccc(C)cc21. The van der Waals surface area contributed by atoms with Crippen molar-refractivity contribution in [2.45, 2.75) is 26.3 Å². The van der Waals surface area contributed by atoms with E-state index in [0.29, 0.717) is 11.5 Å². The van der Waals surface area contributed by atoms with Gasteiger partial charge in [0.15, 0.2) is 0 Å². The van der Waals surface area contributed by atoms with Crippen LogP contribution in [0, 0.1) is 6.92 Å². The number of aliphatic imine (C=N–C) groups is 1. The fraction of sp³-hybridized carbons (Fsp3) is 0.429. The van der Waals surface area contributed by atoms with Crippen LogP contribution in [0.25, 0.3) is 0 Å². The van der Waals surface area contributed by atoms with Gasteiger partial charge in [-0.3, -0.25) is 0 Å². The molecule has 0 saturated carbocycles. The van der Waals surface area contributed by atoms with Gasteiger partial charge in [-0.25, -0.2) is 9.79 Å². The number of aryl methyl sites for hydroxylation is 1. The first-order chi connectivity index (χ1) is 8.43. The number of nitrogens with zero attached hydrogens (tertiary/aromatic N) is 1. The Hall–Kier alpha value is -1.29. The maximum Gasteiger partial charge on any atom is 0.345 e. The molecule has 2 rings (SSSR count). The molecule has 0 fully saturated rings. The number of esters is 1. The number of fused-ring (bicyclic) bond motifs is 1. The summed E-state index contributed by atoms with van der Waals surface area (Å²) in [5, 5.41) is 0. The van der Waals surface area contributed by atoms with Gasteiger partial charge in [-0.2, -0.15) is 11.8 Å². The van der Waals surface area contributed by atoms with Gasteiger partial charge in [-0.15, -0.1) is 0 Å². The minimum absolute atomic E-state index is 0.236. The smallest absolute Gasteiger partial charge is 0.345 e. The zero-order valence-corrected chi connectivity index (χ0v) is 11.9. The summed E-state index contributed by atoms with van der Waals surface area (Å²) in [6.45, 7) is 6.07. The van der Waals surface area contributed by atoms with E-state index in [1.807, 2.05) is 39.2 Å². The molecule has 1 aromatic carbocycles. The zero-order valence-electron chi connectivity index (χ0n) is 11.1. The van der Waals surface area contributed by atoms with E-state index in [0.717, 1.165) is 16.9 Å². The van der Waals surface area contributed by atoms with E-state index in [9.17, 15) is 4.79 Å². The molecule has 0 aliphatic carbocycles. The van der Waals surface area contributed by atoms with E-state index in [1.54, 1.807) is 17.8 Å². The number of cyclic esters (lactones) is 1. The highest BCUT2D eigenvalue weighted by atomic mass is 32.2. The topological polar surface area (TPSA) is 38.7 Å². The van der Waals surface area contributed by atoms with E-state index in [2.05, 4.69) is 4.99 Å². The highest BCUT2D eigenvalue weighted by molar-refractivity contribution is 7.98. The van der Waals surface area contributed by atoms with Gasteiger partial charge >= 0.3 is 5.97 Å². The van der Waals surface area contributed by atoms with Crippen LogP contribution in [0.4, 0.5) is 0 Å². The summed E-state index contributed by atoms with van der Waals surface area (Å²) in [4.78, 5) is 16.3.